The van der Waals surface area contributed by atoms with Crippen LogP contribution in [-0.4, -0.2) is 26.2 Å². The van der Waals surface area contributed by atoms with E-state index in [9.17, 15) is 4.79 Å². The van der Waals surface area contributed by atoms with Crippen LogP contribution in [0.4, 0.5) is 10.5 Å². The molecule has 0 fully saturated rings. The van der Waals surface area contributed by atoms with Crippen LogP contribution in [0.3, 0.4) is 0 Å². The van der Waals surface area contributed by atoms with Crippen molar-refractivity contribution in [3.05, 3.63) is 63.4 Å². The molecule has 2 N–H and O–H groups in total. The molecule has 134 valence electrons. The van der Waals surface area contributed by atoms with Crippen LogP contribution in [-0.2, 0) is 6.54 Å². The molecule has 0 unspecified atom stereocenters. The Balaban J connectivity index is 1.66. The molecule has 0 aliphatic carbocycles. The lowest BCUT2D eigenvalue weighted by molar-refractivity contribution is 0.251. The number of tetrazole rings is 1. The van der Waals surface area contributed by atoms with Gasteiger partial charge in [-0.3, -0.25) is 0 Å². The first kappa shape index (κ1) is 18.2. The number of amides is 2. The Labute approximate surface area is 160 Å². The van der Waals surface area contributed by atoms with Crippen molar-refractivity contribution in [1.29, 1.82) is 0 Å². The number of benzene rings is 2. The van der Waals surface area contributed by atoms with Crippen LogP contribution in [0.2, 0.25) is 10.0 Å². The van der Waals surface area contributed by atoms with Crippen LogP contribution in [0.15, 0.2) is 36.4 Å². The third kappa shape index (κ3) is 4.12. The summed E-state index contributed by atoms with van der Waals surface area (Å²) >= 11 is 11.8. The molecule has 0 bridgehead atoms. The number of nitrogens with zero attached hydrogens (tertiary/aromatic N) is 4. The molecule has 7 nitrogen and oxygen atoms in total. The zero-order valence-corrected chi connectivity index (χ0v) is 15.6. The Bertz CT molecular complexity index is 956. The smallest absolute Gasteiger partial charge is 0.319 e. The minimum absolute atomic E-state index is 0.160. The highest BCUT2D eigenvalue weighted by Crippen LogP contribution is 2.24. The maximum Gasteiger partial charge on any atom is 0.319 e. The molecule has 2 amide bonds. The summed E-state index contributed by atoms with van der Waals surface area (Å²) in [5, 5.41) is 17.8. The highest BCUT2D eigenvalue weighted by Gasteiger charge is 2.11. The molecule has 3 aromatic rings. The second kappa shape index (κ2) is 7.72. The predicted molar refractivity (Wildman–Crippen MR) is 101 cm³/mol. The van der Waals surface area contributed by atoms with Gasteiger partial charge in [0.2, 0.25) is 0 Å². The molecule has 0 saturated heterocycles. The standard InChI is InChI=1S/C17H16Cl2N6O/c1-10-3-5-13(7-11(10)2)25-16(22-23-24-25)9-20-17(26)21-12-4-6-14(18)15(19)8-12/h3-8H,9H2,1-2H3,(H2,20,21,26). The van der Waals surface area contributed by atoms with Gasteiger partial charge < -0.3 is 10.6 Å². The first-order valence-corrected chi connectivity index (χ1v) is 8.54. The number of aromatic nitrogens is 4. The van der Waals surface area contributed by atoms with Gasteiger partial charge in [0.15, 0.2) is 5.82 Å². The lowest BCUT2D eigenvalue weighted by Gasteiger charge is -2.09. The van der Waals surface area contributed by atoms with E-state index in [-0.39, 0.29) is 6.54 Å². The van der Waals surface area contributed by atoms with E-state index in [1.54, 1.807) is 22.9 Å². The summed E-state index contributed by atoms with van der Waals surface area (Å²) in [6.45, 7) is 4.22. The molecular weight excluding hydrogens is 375 g/mol. The molecule has 0 radical (unpaired) electrons. The van der Waals surface area contributed by atoms with Gasteiger partial charge in [0.05, 0.1) is 22.3 Å². The monoisotopic (exact) mass is 390 g/mol. The van der Waals surface area contributed by atoms with E-state index in [0.29, 0.717) is 21.6 Å². The van der Waals surface area contributed by atoms with Crippen molar-refractivity contribution in [3.8, 4) is 5.69 Å². The Morgan fingerprint density at radius 1 is 1.08 bits per heavy atom. The molecule has 0 aliphatic heterocycles. The molecule has 1 aromatic heterocycles. The largest absolute Gasteiger partial charge is 0.330 e. The fourth-order valence-corrected chi connectivity index (χ4v) is 2.58. The van der Waals surface area contributed by atoms with Gasteiger partial charge in [-0.2, -0.15) is 4.68 Å². The van der Waals surface area contributed by atoms with Crippen molar-refractivity contribution in [1.82, 2.24) is 25.5 Å². The number of aryl methyl sites for hydroxylation is 2. The van der Waals surface area contributed by atoms with E-state index < -0.39 is 6.03 Å². The summed E-state index contributed by atoms with van der Waals surface area (Å²) in [4.78, 5) is 12.1. The third-order valence-electron chi connectivity index (χ3n) is 3.85. The fourth-order valence-electron chi connectivity index (χ4n) is 2.28. The van der Waals surface area contributed by atoms with E-state index in [0.717, 1.165) is 11.3 Å². The second-order valence-corrected chi connectivity index (χ2v) is 6.53. The first-order valence-electron chi connectivity index (χ1n) is 7.79. The SMILES string of the molecule is Cc1ccc(-n2nnnc2CNC(=O)Nc2ccc(Cl)c(Cl)c2)cc1C. The van der Waals surface area contributed by atoms with E-state index in [1.165, 1.54) is 5.56 Å². The molecule has 1 heterocycles. The van der Waals surface area contributed by atoms with Gasteiger partial charge in [-0.05, 0) is 65.7 Å². The average molecular weight is 391 g/mol. The number of hydrogen-bond donors (Lipinski definition) is 2. The summed E-state index contributed by atoms with van der Waals surface area (Å²) in [7, 11) is 0. The van der Waals surface area contributed by atoms with Gasteiger partial charge in [0, 0.05) is 5.69 Å². The molecule has 0 saturated carbocycles. The van der Waals surface area contributed by atoms with Crippen LogP contribution < -0.4 is 10.6 Å². The van der Waals surface area contributed by atoms with E-state index in [1.807, 2.05) is 32.0 Å². The normalized spacial score (nSPS) is 10.6. The molecule has 9 heteroatoms. The van der Waals surface area contributed by atoms with Crippen molar-refractivity contribution < 1.29 is 4.79 Å². The number of nitrogens with one attached hydrogen (secondary N) is 2. The van der Waals surface area contributed by atoms with Gasteiger partial charge in [0.1, 0.15) is 0 Å². The van der Waals surface area contributed by atoms with Gasteiger partial charge in [-0.25, -0.2) is 4.79 Å². The minimum atomic E-state index is -0.405. The van der Waals surface area contributed by atoms with Crippen molar-refractivity contribution in [2.24, 2.45) is 0 Å². The van der Waals surface area contributed by atoms with Crippen LogP contribution in [0, 0.1) is 13.8 Å². The molecular formula is C17H16Cl2N6O. The Morgan fingerprint density at radius 3 is 2.62 bits per heavy atom. The maximum atomic E-state index is 12.1. The molecule has 2 aromatic carbocycles. The van der Waals surface area contributed by atoms with E-state index in [2.05, 4.69) is 26.2 Å². The lowest BCUT2D eigenvalue weighted by atomic mass is 10.1. The summed E-state index contributed by atoms with van der Waals surface area (Å²) in [6.07, 6.45) is 0. The highest BCUT2D eigenvalue weighted by molar-refractivity contribution is 6.42. The van der Waals surface area contributed by atoms with Crippen LogP contribution >= 0.6 is 23.2 Å². The average Bonchev–Trinajstić information content (AvgIpc) is 3.07. The van der Waals surface area contributed by atoms with Gasteiger partial charge >= 0.3 is 6.03 Å². The quantitative estimate of drug-likeness (QED) is 0.706. The van der Waals surface area contributed by atoms with Gasteiger partial charge in [-0.1, -0.05) is 29.3 Å². The summed E-state index contributed by atoms with van der Waals surface area (Å²) < 4.78 is 1.59. The maximum absolute atomic E-state index is 12.1. The molecule has 0 atom stereocenters. The second-order valence-electron chi connectivity index (χ2n) is 5.71. The van der Waals surface area contributed by atoms with Gasteiger partial charge in [-0.15, -0.1) is 5.10 Å². The number of hydrogen-bond acceptors (Lipinski definition) is 4. The molecule has 3 rings (SSSR count). The Morgan fingerprint density at radius 2 is 1.88 bits per heavy atom. The van der Waals surface area contributed by atoms with E-state index in [4.69, 9.17) is 23.2 Å². The number of halogens is 2. The van der Waals surface area contributed by atoms with Crippen LogP contribution in [0.5, 0.6) is 0 Å². The van der Waals surface area contributed by atoms with Crippen LogP contribution in [0.1, 0.15) is 17.0 Å². The summed E-state index contributed by atoms with van der Waals surface area (Å²) in [5.41, 5.74) is 3.68. The van der Waals surface area contributed by atoms with Crippen molar-refractivity contribution >= 4 is 34.9 Å². The summed E-state index contributed by atoms with van der Waals surface area (Å²) in [6, 6.07) is 10.4. The number of urea groups is 1. The third-order valence-corrected chi connectivity index (χ3v) is 4.59. The minimum Gasteiger partial charge on any atom is -0.330 e. The van der Waals surface area contributed by atoms with Crippen molar-refractivity contribution in [2.75, 3.05) is 5.32 Å². The zero-order valence-electron chi connectivity index (χ0n) is 14.1. The first-order chi connectivity index (χ1) is 12.4. The zero-order chi connectivity index (χ0) is 18.7. The Hall–Kier alpha value is -2.64. The number of anilines is 1. The topological polar surface area (TPSA) is 84.7 Å². The van der Waals surface area contributed by atoms with Crippen molar-refractivity contribution in [3.63, 3.8) is 0 Å². The molecule has 0 aliphatic rings. The fraction of sp³-hybridized carbons (Fsp3) is 0.176. The van der Waals surface area contributed by atoms with Crippen LogP contribution in [0.25, 0.3) is 5.69 Å². The molecule has 26 heavy (non-hydrogen) atoms. The summed E-state index contributed by atoms with van der Waals surface area (Å²) in [5.74, 6) is 0.512. The molecule has 0 spiro atoms. The van der Waals surface area contributed by atoms with Gasteiger partial charge in [0.25, 0.3) is 0 Å². The predicted octanol–water partition coefficient (Wildman–Crippen LogP) is 3.91. The van der Waals surface area contributed by atoms with E-state index >= 15 is 0 Å². The number of carbonyl (C=O) groups is 1. The van der Waals surface area contributed by atoms with Crippen molar-refractivity contribution in [2.45, 2.75) is 20.4 Å². The lowest BCUT2D eigenvalue weighted by Crippen LogP contribution is -2.29. The highest BCUT2D eigenvalue weighted by atomic mass is 35.5. The Kier molecular flexibility index (Phi) is 5.39. The number of carbonyl (C=O) groups excluding carboxylic acids is 1. The number of rotatable bonds is 4.